The Labute approximate surface area is 193 Å². The van der Waals surface area contributed by atoms with Crippen LogP contribution in [0.1, 0.15) is 40.4 Å². The number of hydrogen-bond donors (Lipinski definition) is 1. The molecule has 11 heteroatoms. The lowest BCUT2D eigenvalue weighted by atomic mass is 10.1. The van der Waals surface area contributed by atoms with Crippen LogP contribution in [0.15, 0.2) is 57.8 Å². The molecule has 0 radical (unpaired) electrons. The first-order chi connectivity index (χ1) is 16.0. The molecule has 1 unspecified atom stereocenters. The molecule has 4 rings (SSSR count). The number of aromatic nitrogens is 4. The van der Waals surface area contributed by atoms with Crippen molar-refractivity contribution >= 4 is 28.3 Å². The number of likely N-dealkylation sites (N-methyl/N-ethyl adjacent to an activating group) is 1. The second kappa shape index (κ2) is 9.92. The molecule has 1 amide bonds. The van der Waals surface area contributed by atoms with Crippen LogP contribution in [0, 0.1) is 5.21 Å². The van der Waals surface area contributed by atoms with Gasteiger partial charge in [-0.3, -0.25) is 19.1 Å². The molecule has 1 atom stereocenters. The highest BCUT2D eigenvalue weighted by Gasteiger charge is 2.30. The molecule has 0 saturated heterocycles. The Morgan fingerprint density at radius 3 is 2.82 bits per heavy atom. The lowest BCUT2D eigenvalue weighted by Crippen LogP contribution is -2.42. The highest BCUT2D eigenvalue weighted by molar-refractivity contribution is 7.09. The number of thiazole rings is 1. The van der Waals surface area contributed by atoms with E-state index >= 15 is 0 Å². The molecule has 0 aliphatic heterocycles. The Balaban J connectivity index is 1.83. The Bertz CT molecular complexity index is 1280. The Kier molecular flexibility index (Phi) is 6.80. The third kappa shape index (κ3) is 4.64. The van der Waals surface area contributed by atoms with Crippen molar-refractivity contribution in [2.45, 2.75) is 25.9 Å². The molecule has 172 valence electrons. The molecule has 0 saturated carbocycles. The first-order valence-corrected chi connectivity index (χ1v) is 11.4. The SMILES string of the molecule is CCC(c1nc2occc2c(=O)n1Cc1cncs1)N(CCNC)C(=O)c1cc[n+]([O-])cc1. The Morgan fingerprint density at radius 1 is 1.36 bits per heavy atom. The quantitative estimate of drug-likeness (QED) is 0.294. The van der Waals surface area contributed by atoms with E-state index in [1.807, 2.05) is 6.92 Å². The van der Waals surface area contributed by atoms with Crippen LogP contribution < -0.4 is 15.6 Å². The average Bonchev–Trinajstić information content (AvgIpc) is 3.51. The first kappa shape index (κ1) is 22.6. The predicted molar refractivity (Wildman–Crippen MR) is 123 cm³/mol. The highest BCUT2D eigenvalue weighted by Crippen LogP contribution is 2.26. The van der Waals surface area contributed by atoms with Crippen molar-refractivity contribution in [1.29, 1.82) is 0 Å². The van der Waals surface area contributed by atoms with Crippen LogP contribution in [0.2, 0.25) is 0 Å². The zero-order valence-electron chi connectivity index (χ0n) is 18.3. The first-order valence-electron chi connectivity index (χ1n) is 10.5. The van der Waals surface area contributed by atoms with Gasteiger partial charge in [-0.05, 0) is 19.5 Å². The van der Waals surface area contributed by atoms with Gasteiger partial charge in [-0.1, -0.05) is 6.92 Å². The van der Waals surface area contributed by atoms with Gasteiger partial charge in [0.2, 0.25) is 5.71 Å². The van der Waals surface area contributed by atoms with Crippen molar-refractivity contribution in [1.82, 2.24) is 24.8 Å². The number of amides is 1. The highest BCUT2D eigenvalue weighted by atomic mass is 32.1. The molecule has 0 fully saturated rings. The molecule has 4 aromatic rings. The Hall–Kier alpha value is -3.57. The van der Waals surface area contributed by atoms with Crippen molar-refractivity contribution in [3.63, 3.8) is 0 Å². The van der Waals surface area contributed by atoms with E-state index in [0.29, 0.717) is 47.6 Å². The van der Waals surface area contributed by atoms with Gasteiger partial charge < -0.3 is 19.8 Å². The van der Waals surface area contributed by atoms with Gasteiger partial charge in [-0.25, -0.2) is 0 Å². The summed E-state index contributed by atoms with van der Waals surface area (Å²) in [6.07, 6.45) is 6.25. The third-order valence-corrected chi connectivity index (χ3v) is 6.15. The molecule has 0 spiro atoms. The van der Waals surface area contributed by atoms with E-state index in [4.69, 9.17) is 4.42 Å². The number of carbonyl (C=O) groups is 1. The summed E-state index contributed by atoms with van der Waals surface area (Å²) in [5.74, 6) is 0.188. The number of carbonyl (C=O) groups excluding carboxylic acids is 1. The number of pyridine rings is 1. The van der Waals surface area contributed by atoms with E-state index in [-0.39, 0.29) is 17.2 Å². The average molecular weight is 469 g/mol. The summed E-state index contributed by atoms with van der Waals surface area (Å²) in [5.41, 5.74) is 2.10. The lowest BCUT2D eigenvalue weighted by Gasteiger charge is -2.32. The minimum absolute atomic E-state index is 0.233. The zero-order valence-corrected chi connectivity index (χ0v) is 19.1. The minimum Gasteiger partial charge on any atom is -0.619 e. The van der Waals surface area contributed by atoms with Crippen molar-refractivity contribution in [2.24, 2.45) is 0 Å². The third-order valence-electron chi connectivity index (χ3n) is 5.38. The van der Waals surface area contributed by atoms with E-state index in [9.17, 15) is 14.8 Å². The van der Waals surface area contributed by atoms with Gasteiger partial charge in [0.1, 0.15) is 11.2 Å². The van der Waals surface area contributed by atoms with Crippen LogP contribution in [-0.4, -0.2) is 45.5 Å². The largest absolute Gasteiger partial charge is 0.619 e. The van der Waals surface area contributed by atoms with Crippen molar-refractivity contribution < 1.29 is 13.9 Å². The van der Waals surface area contributed by atoms with Crippen LogP contribution in [0.25, 0.3) is 11.1 Å². The monoisotopic (exact) mass is 468 g/mol. The van der Waals surface area contributed by atoms with Crippen LogP contribution in [-0.2, 0) is 6.54 Å². The van der Waals surface area contributed by atoms with E-state index < -0.39 is 6.04 Å². The van der Waals surface area contributed by atoms with Crippen LogP contribution in [0.5, 0.6) is 0 Å². The fourth-order valence-electron chi connectivity index (χ4n) is 3.74. The molecule has 0 bridgehead atoms. The van der Waals surface area contributed by atoms with Crippen LogP contribution >= 0.6 is 11.3 Å². The number of hydrogen-bond acceptors (Lipinski definition) is 8. The molecule has 1 N–H and O–H groups in total. The van der Waals surface area contributed by atoms with E-state index in [0.717, 1.165) is 4.88 Å². The number of nitrogens with one attached hydrogen (secondary N) is 1. The maximum atomic E-state index is 13.5. The molecule has 0 aromatic carbocycles. The normalized spacial score (nSPS) is 12.2. The topological polar surface area (TPSA) is 120 Å². The minimum atomic E-state index is -0.499. The van der Waals surface area contributed by atoms with Gasteiger partial charge in [-0.15, -0.1) is 11.3 Å². The number of rotatable bonds is 9. The molecular weight excluding hydrogens is 444 g/mol. The van der Waals surface area contributed by atoms with Gasteiger partial charge >= 0.3 is 0 Å². The van der Waals surface area contributed by atoms with Crippen molar-refractivity contribution in [3.8, 4) is 0 Å². The fourth-order valence-corrected chi connectivity index (χ4v) is 4.32. The summed E-state index contributed by atoms with van der Waals surface area (Å²) < 4.78 is 7.68. The summed E-state index contributed by atoms with van der Waals surface area (Å²) in [6, 6.07) is 4.08. The molecule has 33 heavy (non-hydrogen) atoms. The molecular formula is C22H24N6O4S. The molecule has 10 nitrogen and oxygen atoms in total. The predicted octanol–water partition coefficient (Wildman–Crippen LogP) is 1.94. The van der Waals surface area contributed by atoms with Crippen LogP contribution in [0.3, 0.4) is 0 Å². The van der Waals surface area contributed by atoms with Gasteiger partial charge in [0.15, 0.2) is 12.4 Å². The smallest absolute Gasteiger partial charge is 0.265 e. The summed E-state index contributed by atoms with van der Waals surface area (Å²) in [6.45, 7) is 3.15. The summed E-state index contributed by atoms with van der Waals surface area (Å²) in [4.78, 5) is 38.2. The molecule has 4 heterocycles. The van der Waals surface area contributed by atoms with Crippen LogP contribution in [0.4, 0.5) is 0 Å². The standard InChI is InChI=1S/C22H24N6O4S/c1-3-18(27(10-7-23-2)21(29)15-4-8-26(31)9-5-15)19-25-20-17(6-11-32-20)22(30)28(19)13-16-12-24-14-33-16/h4-6,8-9,11-12,14,18,23H,3,7,10,13H2,1-2H3. The maximum absolute atomic E-state index is 13.5. The summed E-state index contributed by atoms with van der Waals surface area (Å²) in [7, 11) is 1.80. The summed E-state index contributed by atoms with van der Waals surface area (Å²) in [5, 5.41) is 14.9. The van der Waals surface area contributed by atoms with Gasteiger partial charge in [0, 0.05) is 36.3 Å². The maximum Gasteiger partial charge on any atom is 0.265 e. The van der Waals surface area contributed by atoms with E-state index in [1.165, 1.54) is 42.1 Å². The zero-order chi connectivity index (χ0) is 23.4. The summed E-state index contributed by atoms with van der Waals surface area (Å²) >= 11 is 1.44. The van der Waals surface area contributed by atoms with Gasteiger partial charge in [0.05, 0.1) is 29.9 Å². The molecule has 4 aromatic heterocycles. The van der Waals surface area contributed by atoms with E-state index in [2.05, 4.69) is 15.3 Å². The Morgan fingerprint density at radius 2 is 2.15 bits per heavy atom. The number of nitrogens with zero attached hydrogens (tertiary/aromatic N) is 5. The lowest BCUT2D eigenvalue weighted by molar-refractivity contribution is -0.605. The van der Waals surface area contributed by atoms with Crippen molar-refractivity contribution in [2.75, 3.05) is 20.1 Å². The van der Waals surface area contributed by atoms with Gasteiger partial charge in [0.25, 0.3) is 11.5 Å². The number of fused-ring (bicyclic) bond motifs is 1. The van der Waals surface area contributed by atoms with E-state index in [1.54, 1.807) is 34.3 Å². The fraction of sp³-hybridized carbons (Fsp3) is 0.318. The van der Waals surface area contributed by atoms with Crippen molar-refractivity contribution in [3.05, 3.63) is 80.4 Å². The van der Waals surface area contributed by atoms with Gasteiger partial charge in [-0.2, -0.15) is 9.71 Å². The number of furan rings is 1. The molecule has 0 aliphatic rings. The second-order valence-electron chi connectivity index (χ2n) is 7.44. The second-order valence-corrected chi connectivity index (χ2v) is 8.41. The molecule has 0 aliphatic carbocycles.